The first-order valence-corrected chi connectivity index (χ1v) is 9.59. The number of nitrogens with zero attached hydrogens (tertiary/aromatic N) is 1. The Labute approximate surface area is 163 Å². The average molecular weight is 379 g/mol. The van der Waals surface area contributed by atoms with Gasteiger partial charge in [0.15, 0.2) is 0 Å². The molecule has 1 saturated heterocycles. The van der Waals surface area contributed by atoms with Crippen molar-refractivity contribution >= 4 is 16.9 Å². The highest BCUT2D eigenvalue weighted by Gasteiger charge is 2.29. The lowest BCUT2D eigenvalue weighted by atomic mass is 10.0. The molecule has 1 aliphatic rings. The Morgan fingerprint density at radius 3 is 2.79 bits per heavy atom. The first-order chi connectivity index (χ1) is 13.7. The molecule has 2 unspecified atom stereocenters. The van der Waals surface area contributed by atoms with Crippen molar-refractivity contribution in [1.82, 2.24) is 26.1 Å². The number of rotatable bonds is 7. The molecule has 0 saturated carbocycles. The first kappa shape index (κ1) is 18.5. The summed E-state index contributed by atoms with van der Waals surface area (Å²) < 4.78 is 5.19. The smallest absolute Gasteiger partial charge is 0.238 e. The highest BCUT2D eigenvalue weighted by atomic mass is 16.5. The largest absolute Gasteiger partial charge is 0.497 e. The number of aromatic nitrogens is 2. The van der Waals surface area contributed by atoms with Crippen LogP contribution in [0.5, 0.6) is 5.75 Å². The van der Waals surface area contributed by atoms with Gasteiger partial charge in [-0.05, 0) is 42.7 Å². The molecule has 0 spiro atoms. The number of H-pyrrole nitrogens is 1. The van der Waals surface area contributed by atoms with Crippen molar-refractivity contribution in [1.29, 1.82) is 0 Å². The van der Waals surface area contributed by atoms with E-state index >= 15 is 0 Å². The van der Waals surface area contributed by atoms with Crippen LogP contribution in [0.4, 0.5) is 0 Å². The summed E-state index contributed by atoms with van der Waals surface area (Å²) in [6, 6.07) is 15.8. The van der Waals surface area contributed by atoms with Crippen LogP contribution in [0.25, 0.3) is 11.0 Å². The topological polar surface area (TPSA) is 91.1 Å². The number of hydrogen-bond acceptors (Lipinski definition) is 5. The zero-order valence-electron chi connectivity index (χ0n) is 15.9. The lowest BCUT2D eigenvalue weighted by molar-refractivity contribution is -0.122. The van der Waals surface area contributed by atoms with Crippen LogP contribution in [-0.2, 0) is 11.2 Å². The van der Waals surface area contributed by atoms with E-state index in [0.29, 0.717) is 13.0 Å². The molecule has 4 N–H and O–H groups in total. The van der Waals surface area contributed by atoms with Crippen molar-refractivity contribution in [3.05, 3.63) is 59.9 Å². The minimum absolute atomic E-state index is 0.0214. The molecule has 0 bridgehead atoms. The second kappa shape index (κ2) is 8.41. The Kier molecular flexibility index (Phi) is 5.55. The maximum atomic E-state index is 12.4. The van der Waals surface area contributed by atoms with Crippen LogP contribution >= 0.6 is 0 Å². The SMILES string of the molecule is COc1ccc(C2CC(C(=O)NCCCc3nc4ccccc4[nH]3)NN2)cc1. The Hall–Kier alpha value is -2.90. The van der Waals surface area contributed by atoms with Crippen molar-refractivity contribution in [3.8, 4) is 5.75 Å². The highest BCUT2D eigenvalue weighted by Crippen LogP contribution is 2.24. The minimum Gasteiger partial charge on any atom is -0.497 e. The maximum absolute atomic E-state index is 12.4. The fourth-order valence-corrected chi connectivity index (χ4v) is 3.50. The third-order valence-electron chi connectivity index (χ3n) is 5.07. The molecule has 1 amide bonds. The van der Waals surface area contributed by atoms with E-state index in [1.54, 1.807) is 7.11 Å². The number of carbonyl (C=O) groups is 1. The lowest BCUT2D eigenvalue weighted by Crippen LogP contribution is -2.43. The highest BCUT2D eigenvalue weighted by molar-refractivity contribution is 5.82. The van der Waals surface area contributed by atoms with E-state index in [2.05, 4.69) is 26.1 Å². The van der Waals surface area contributed by atoms with E-state index in [0.717, 1.165) is 41.0 Å². The Morgan fingerprint density at radius 1 is 1.18 bits per heavy atom. The number of para-hydroxylation sites is 2. The number of fused-ring (bicyclic) bond motifs is 1. The van der Waals surface area contributed by atoms with E-state index in [-0.39, 0.29) is 18.0 Å². The molecule has 0 aliphatic carbocycles. The molecule has 1 fully saturated rings. The van der Waals surface area contributed by atoms with Gasteiger partial charge in [0.05, 0.1) is 18.1 Å². The van der Waals surface area contributed by atoms with Crippen LogP contribution < -0.4 is 20.9 Å². The summed E-state index contributed by atoms with van der Waals surface area (Å²) in [5, 5.41) is 3.02. The number of aromatic amines is 1. The lowest BCUT2D eigenvalue weighted by Gasteiger charge is -2.11. The normalized spacial score (nSPS) is 19.0. The second-order valence-corrected chi connectivity index (χ2v) is 7.00. The number of hydrogen-bond donors (Lipinski definition) is 4. The van der Waals surface area contributed by atoms with Gasteiger partial charge in [0, 0.05) is 19.0 Å². The molecule has 146 valence electrons. The molecular formula is C21H25N5O2. The van der Waals surface area contributed by atoms with E-state index in [1.165, 1.54) is 0 Å². The van der Waals surface area contributed by atoms with Gasteiger partial charge in [-0.15, -0.1) is 0 Å². The molecule has 7 nitrogen and oxygen atoms in total. The van der Waals surface area contributed by atoms with E-state index < -0.39 is 0 Å². The monoisotopic (exact) mass is 379 g/mol. The standard InChI is InChI=1S/C21H25N5O2/c1-28-15-10-8-14(9-11-15)18-13-19(26-25-18)21(27)22-12-4-7-20-23-16-5-2-3-6-17(16)24-20/h2-3,5-6,8-11,18-19,25-26H,4,7,12-13H2,1H3,(H,22,27)(H,23,24). The number of aryl methyl sites for hydroxylation is 1. The zero-order chi connectivity index (χ0) is 19.3. The van der Waals surface area contributed by atoms with Gasteiger partial charge in [-0.2, -0.15) is 0 Å². The molecule has 2 heterocycles. The summed E-state index contributed by atoms with van der Waals surface area (Å²) in [6.07, 6.45) is 2.36. The van der Waals surface area contributed by atoms with Crippen molar-refractivity contribution in [2.75, 3.05) is 13.7 Å². The first-order valence-electron chi connectivity index (χ1n) is 9.59. The molecule has 3 aromatic rings. The van der Waals surface area contributed by atoms with E-state index in [9.17, 15) is 4.79 Å². The number of hydrazine groups is 1. The number of ether oxygens (including phenoxy) is 1. The molecule has 2 aromatic carbocycles. The molecule has 0 radical (unpaired) electrons. The van der Waals surface area contributed by atoms with Gasteiger partial charge in [0.1, 0.15) is 17.6 Å². The van der Waals surface area contributed by atoms with Crippen molar-refractivity contribution in [2.45, 2.75) is 31.3 Å². The quantitative estimate of drug-likeness (QED) is 0.473. The van der Waals surface area contributed by atoms with Crippen molar-refractivity contribution in [3.63, 3.8) is 0 Å². The molecule has 28 heavy (non-hydrogen) atoms. The van der Waals surface area contributed by atoms with Crippen molar-refractivity contribution < 1.29 is 9.53 Å². The van der Waals surface area contributed by atoms with Crippen LogP contribution in [0, 0.1) is 0 Å². The molecule has 1 aromatic heterocycles. The van der Waals surface area contributed by atoms with E-state index in [4.69, 9.17) is 4.74 Å². The molecule has 1 aliphatic heterocycles. The van der Waals surface area contributed by atoms with Crippen LogP contribution in [0.2, 0.25) is 0 Å². The zero-order valence-corrected chi connectivity index (χ0v) is 15.9. The summed E-state index contributed by atoms with van der Waals surface area (Å²) >= 11 is 0. The van der Waals surface area contributed by atoms with Gasteiger partial charge in [-0.25, -0.2) is 15.8 Å². The Bertz CT molecular complexity index is 904. The minimum atomic E-state index is -0.238. The summed E-state index contributed by atoms with van der Waals surface area (Å²) in [4.78, 5) is 20.3. The number of nitrogens with one attached hydrogen (secondary N) is 4. The number of amides is 1. The van der Waals surface area contributed by atoms with Crippen molar-refractivity contribution in [2.24, 2.45) is 0 Å². The van der Waals surface area contributed by atoms with Crippen LogP contribution in [0.1, 0.15) is 30.3 Å². The number of benzene rings is 2. The fourth-order valence-electron chi connectivity index (χ4n) is 3.50. The van der Waals surface area contributed by atoms with Crippen LogP contribution in [0.15, 0.2) is 48.5 Å². The van der Waals surface area contributed by atoms with Gasteiger partial charge in [-0.1, -0.05) is 24.3 Å². The molecular weight excluding hydrogens is 354 g/mol. The number of methoxy groups -OCH3 is 1. The third-order valence-corrected chi connectivity index (χ3v) is 5.07. The van der Waals surface area contributed by atoms with Gasteiger partial charge >= 0.3 is 0 Å². The predicted molar refractivity (Wildman–Crippen MR) is 108 cm³/mol. The Balaban J connectivity index is 1.21. The van der Waals surface area contributed by atoms with Crippen LogP contribution in [-0.4, -0.2) is 35.6 Å². The number of imidazole rings is 1. The van der Waals surface area contributed by atoms with Gasteiger partial charge in [-0.3, -0.25) is 4.79 Å². The second-order valence-electron chi connectivity index (χ2n) is 7.00. The molecule has 2 atom stereocenters. The molecule has 7 heteroatoms. The van der Waals surface area contributed by atoms with Gasteiger partial charge in [0.25, 0.3) is 0 Å². The molecule has 4 rings (SSSR count). The summed E-state index contributed by atoms with van der Waals surface area (Å²) in [6.45, 7) is 0.626. The average Bonchev–Trinajstić information content (AvgIpc) is 3.38. The number of carbonyl (C=O) groups excluding carboxylic acids is 1. The predicted octanol–water partition coefficient (Wildman–Crippen LogP) is 2.23. The van der Waals surface area contributed by atoms with Crippen LogP contribution in [0.3, 0.4) is 0 Å². The maximum Gasteiger partial charge on any atom is 0.238 e. The third kappa shape index (κ3) is 4.16. The summed E-state index contributed by atoms with van der Waals surface area (Å²) in [5.74, 6) is 1.80. The summed E-state index contributed by atoms with van der Waals surface area (Å²) in [7, 11) is 1.65. The summed E-state index contributed by atoms with van der Waals surface area (Å²) in [5.41, 5.74) is 9.46. The van der Waals surface area contributed by atoms with Gasteiger partial charge in [0.2, 0.25) is 5.91 Å². The Morgan fingerprint density at radius 2 is 2.00 bits per heavy atom. The van der Waals surface area contributed by atoms with Gasteiger partial charge < -0.3 is 15.0 Å². The fraction of sp³-hybridized carbons (Fsp3) is 0.333. The van der Waals surface area contributed by atoms with E-state index in [1.807, 2.05) is 48.5 Å².